The Morgan fingerprint density at radius 3 is 1.80 bits per heavy atom. The Bertz CT molecular complexity index is 2570. The summed E-state index contributed by atoms with van der Waals surface area (Å²) in [7, 11) is 0. The zero-order valence-corrected chi connectivity index (χ0v) is 42.9. The maximum Gasteiger partial charge on any atom is 0.407 e. The van der Waals surface area contributed by atoms with E-state index in [0.717, 1.165) is 34.0 Å². The first kappa shape index (κ1) is 58.1. The summed E-state index contributed by atoms with van der Waals surface area (Å²) < 4.78 is 5.62. The van der Waals surface area contributed by atoms with Gasteiger partial charge in [0.15, 0.2) is 0 Å². The predicted molar refractivity (Wildman–Crippen MR) is 282 cm³/mol. The van der Waals surface area contributed by atoms with Gasteiger partial charge < -0.3 is 58.5 Å². The summed E-state index contributed by atoms with van der Waals surface area (Å²) in [6.45, 7) is 2.46. The number of thioether (sulfide) groups is 1. The van der Waals surface area contributed by atoms with Gasteiger partial charge in [-0.3, -0.25) is 38.4 Å². The number of unbranched alkanes of at least 4 members (excludes halogenated alkanes) is 1. The number of primary amides is 1. The van der Waals surface area contributed by atoms with E-state index in [1.807, 2.05) is 62.4 Å². The van der Waals surface area contributed by atoms with Crippen LogP contribution >= 0.6 is 11.8 Å². The molecule has 1 aliphatic carbocycles. The average molecular weight is 1050 g/mol. The molecule has 0 radical (unpaired) electrons. The Morgan fingerprint density at radius 2 is 1.17 bits per heavy atom. The number of carbonyl (C=O) groups is 9. The monoisotopic (exact) mass is 1050 g/mol. The van der Waals surface area contributed by atoms with Crippen molar-refractivity contribution >= 4 is 64.3 Å². The third-order valence-electron chi connectivity index (χ3n) is 12.1. The summed E-state index contributed by atoms with van der Waals surface area (Å²) in [5, 5.41) is 27.7. The molecule has 21 heteroatoms. The smallest absolute Gasteiger partial charge is 0.407 e. The number of phenols is 1. The van der Waals surface area contributed by atoms with E-state index >= 15 is 0 Å². The summed E-state index contributed by atoms with van der Waals surface area (Å²) in [5.41, 5.74) is 16.4. The van der Waals surface area contributed by atoms with E-state index in [4.69, 9.17) is 16.2 Å². The van der Waals surface area contributed by atoms with Gasteiger partial charge in [0, 0.05) is 37.5 Å². The van der Waals surface area contributed by atoms with Gasteiger partial charge in [0.2, 0.25) is 46.5 Å². The minimum atomic E-state index is -1.30. The molecule has 75 heavy (non-hydrogen) atoms. The molecule has 0 heterocycles. The number of hydrogen-bond acceptors (Lipinski definition) is 13. The second-order valence-electron chi connectivity index (χ2n) is 18.4. The largest absolute Gasteiger partial charge is 0.508 e. The Kier molecular flexibility index (Phi) is 23.1. The number of ether oxygens (including phenoxy) is 1. The van der Waals surface area contributed by atoms with E-state index in [-0.39, 0.29) is 67.3 Å². The van der Waals surface area contributed by atoms with Gasteiger partial charge in [-0.15, -0.1) is 0 Å². The first-order valence-corrected chi connectivity index (χ1v) is 25.8. The number of nitrogens with one attached hydrogen (secondary N) is 7. The predicted octanol–water partition coefficient (Wildman–Crippen LogP) is 2.20. The van der Waals surface area contributed by atoms with Crippen LogP contribution in [0, 0.1) is 5.92 Å². The average Bonchev–Trinajstić information content (AvgIpc) is 3.71. The molecule has 0 bridgehead atoms. The first-order valence-electron chi connectivity index (χ1n) is 24.8. The van der Waals surface area contributed by atoms with Crippen LogP contribution in [0.15, 0.2) is 103 Å². The number of nitrogens with two attached hydrogens (primary N) is 2. The molecule has 0 aromatic heterocycles. The molecular formula is C54H67N9O11S. The van der Waals surface area contributed by atoms with E-state index in [0.29, 0.717) is 30.4 Å². The first-order chi connectivity index (χ1) is 36.0. The van der Waals surface area contributed by atoms with Crippen LogP contribution in [-0.2, 0) is 55.9 Å². The number of phenolic OH excluding ortho intramolecular Hbond substituents is 1. The van der Waals surface area contributed by atoms with Gasteiger partial charge in [-0.1, -0.05) is 117 Å². The van der Waals surface area contributed by atoms with E-state index < -0.39 is 91.2 Å². The van der Waals surface area contributed by atoms with Crippen molar-refractivity contribution in [1.82, 2.24) is 37.2 Å². The van der Waals surface area contributed by atoms with Crippen LogP contribution < -0.4 is 48.7 Å². The molecule has 4 aromatic carbocycles. The molecule has 0 aliphatic heterocycles. The lowest BCUT2D eigenvalue weighted by atomic mass is 9.98. The van der Waals surface area contributed by atoms with Gasteiger partial charge in [-0.25, -0.2) is 4.79 Å². The Labute approximate surface area is 440 Å². The summed E-state index contributed by atoms with van der Waals surface area (Å²) >= 11 is 0.878. The third kappa shape index (κ3) is 19.2. The van der Waals surface area contributed by atoms with Gasteiger partial charge >= 0.3 is 6.09 Å². The highest BCUT2D eigenvalue weighted by molar-refractivity contribution is 8.13. The lowest BCUT2D eigenvalue weighted by Gasteiger charge is -2.24. The Morgan fingerprint density at radius 1 is 0.613 bits per heavy atom. The summed E-state index contributed by atoms with van der Waals surface area (Å²) in [5.74, 6) is -4.88. The van der Waals surface area contributed by atoms with E-state index in [1.165, 1.54) is 12.1 Å². The van der Waals surface area contributed by atoms with E-state index in [9.17, 15) is 48.3 Å². The number of rotatable bonds is 29. The molecule has 0 unspecified atom stereocenters. The Balaban J connectivity index is 1.13. The standard InChI is InChI=1S/C54H67N9O11S/c1-33(2)26-45(53(72)75-25-23-46(56)65)63-52(71)44(27-34-12-4-3-5-13-34)61-49(68)31-58-48(67)30-59-50(69)43(28-35-19-21-36(64)22-20-35)62-51(70)42(60-47(66)29-55)18-10-11-24-57-54(73)74-32-41-39-16-8-6-14-37(39)38-15-7-9-17-40(38)41/h3-9,12-17,19-22,33,41-45,64H,10-11,18,23-32,55H2,1-2H3,(H2,56,65)(H,57,73)(H,58,67)(H,59,69)(H,60,66)(H,61,68)(H,62,70)(H,63,71)/t42-,43-,44-,45-/m0/s1. The maximum atomic E-state index is 13.8. The highest BCUT2D eigenvalue weighted by Crippen LogP contribution is 2.44. The van der Waals surface area contributed by atoms with Gasteiger partial charge in [0.25, 0.3) is 0 Å². The number of benzene rings is 4. The van der Waals surface area contributed by atoms with Crippen LogP contribution in [-0.4, -0.2) is 120 Å². The van der Waals surface area contributed by atoms with Crippen molar-refractivity contribution in [1.29, 1.82) is 0 Å². The van der Waals surface area contributed by atoms with Gasteiger partial charge in [-0.2, -0.15) is 0 Å². The SMILES string of the molecule is CC(C)C[C@H](NC(=O)[C@H](Cc1ccccc1)NC(=O)CNC(=O)CNC(=O)[C@H](Cc1ccc(O)cc1)NC(=O)[C@H](CCCCNC(=O)OCC1c2ccccc2-c2ccccc21)NC(=O)CN)C(=O)SCCC(N)=O. The van der Waals surface area contributed by atoms with Crippen LogP contribution in [0.5, 0.6) is 5.75 Å². The van der Waals surface area contributed by atoms with Crippen LogP contribution in [0.25, 0.3) is 11.1 Å². The summed E-state index contributed by atoms with van der Waals surface area (Å²) in [4.78, 5) is 117. The minimum Gasteiger partial charge on any atom is -0.508 e. The fraction of sp³-hybridized carbons (Fsp3) is 0.389. The molecule has 1 aliphatic rings. The van der Waals surface area contributed by atoms with Gasteiger partial charge in [0.05, 0.1) is 25.7 Å². The topological polar surface area (TPSA) is 319 Å². The van der Waals surface area contributed by atoms with Gasteiger partial charge in [-0.05, 0) is 77.1 Å². The van der Waals surface area contributed by atoms with Crippen molar-refractivity contribution in [3.05, 3.63) is 125 Å². The number of fused-ring (bicyclic) bond motifs is 3. The molecule has 400 valence electrons. The number of carbonyl (C=O) groups excluding carboxylic acids is 9. The summed E-state index contributed by atoms with van der Waals surface area (Å²) in [6, 6.07) is 26.2. The highest BCUT2D eigenvalue weighted by Gasteiger charge is 2.31. The molecule has 0 saturated heterocycles. The quantitative estimate of drug-likeness (QED) is 0.0349. The van der Waals surface area contributed by atoms with E-state index in [1.54, 1.807) is 42.5 Å². The van der Waals surface area contributed by atoms with Crippen molar-refractivity contribution in [2.75, 3.05) is 38.5 Å². The van der Waals surface area contributed by atoms with Gasteiger partial charge in [0.1, 0.15) is 30.5 Å². The number of amides is 8. The van der Waals surface area contributed by atoms with Crippen LogP contribution in [0.3, 0.4) is 0 Å². The number of hydrogen-bond donors (Lipinski definition) is 10. The zero-order chi connectivity index (χ0) is 54.3. The minimum absolute atomic E-state index is 0.00561. The van der Waals surface area contributed by atoms with Crippen molar-refractivity contribution in [2.45, 2.75) is 88.9 Å². The van der Waals surface area contributed by atoms with Crippen LogP contribution in [0.2, 0.25) is 0 Å². The molecule has 8 amide bonds. The van der Waals surface area contributed by atoms with Crippen molar-refractivity contribution < 1.29 is 53.0 Å². The normalized spacial score (nSPS) is 13.1. The molecule has 4 atom stereocenters. The van der Waals surface area contributed by atoms with Crippen molar-refractivity contribution in [3.8, 4) is 16.9 Å². The van der Waals surface area contributed by atoms with Crippen LogP contribution in [0.1, 0.15) is 74.1 Å². The molecular weight excluding hydrogens is 983 g/mol. The molecule has 0 spiro atoms. The lowest BCUT2D eigenvalue weighted by Crippen LogP contribution is -2.56. The number of alkyl carbamates (subject to hydrolysis) is 1. The second-order valence-corrected chi connectivity index (χ2v) is 19.5. The molecule has 20 nitrogen and oxygen atoms in total. The molecule has 4 aromatic rings. The van der Waals surface area contributed by atoms with Crippen molar-refractivity contribution in [3.63, 3.8) is 0 Å². The highest BCUT2D eigenvalue weighted by atomic mass is 32.2. The van der Waals surface area contributed by atoms with Crippen LogP contribution in [0.4, 0.5) is 4.79 Å². The third-order valence-corrected chi connectivity index (χ3v) is 13.1. The van der Waals surface area contributed by atoms with Crippen molar-refractivity contribution in [2.24, 2.45) is 17.4 Å². The molecule has 0 saturated carbocycles. The zero-order valence-electron chi connectivity index (χ0n) is 42.1. The molecule has 5 rings (SSSR count). The summed E-state index contributed by atoms with van der Waals surface area (Å²) in [6.07, 6.45) is 0.472. The molecule has 0 fully saturated rings. The Hall–Kier alpha value is -7.78. The second kappa shape index (κ2) is 29.8. The van der Waals surface area contributed by atoms with E-state index in [2.05, 4.69) is 37.2 Å². The lowest BCUT2D eigenvalue weighted by molar-refractivity contribution is -0.133. The molecule has 12 N–H and O–H groups in total. The maximum absolute atomic E-state index is 13.8. The fourth-order valence-corrected chi connectivity index (χ4v) is 9.19. The fourth-order valence-electron chi connectivity index (χ4n) is 8.33. The number of aromatic hydroxyl groups is 1.